The summed E-state index contributed by atoms with van der Waals surface area (Å²) in [5.74, 6) is 0.680. The van der Waals surface area contributed by atoms with Gasteiger partial charge in [-0.15, -0.1) is 0 Å². The quantitative estimate of drug-likeness (QED) is 0.868. The predicted molar refractivity (Wildman–Crippen MR) is 81.5 cm³/mol. The van der Waals surface area contributed by atoms with Crippen LogP contribution in [0.25, 0.3) is 11.4 Å². The Balaban J connectivity index is 2.08. The molecule has 1 aromatic heterocycles. The van der Waals surface area contributed by atoms with Crippen molar-refractivity contribution in [3.05, 3.63) is 46.7 Å². The number of hydrogen-bond acceptors (Lipinski definition) is 3. The highest BCUT2D eigenvalue weighted by Gasteiger charge is 2.31. The van der Waals surface area contributed by atoms with Gasteiger partial charge in [0.05, 0.1) is 5.02 Å². The molecule has 0 spiro atoms. The van der Waals surface area contributed by atoms with Crippen LogP contribution in [0.1, 0.15) is 37.6 Å². The first kappa shape index (κ1) is 13.5. The molecule has 0 fully saturated rings. The molecule has 1 aromatic carbocycles. The summed E-state index contributed by atoms with van der Waals surface area (Å²) in [6, 6.07) is 7.67. The van der Waals surface area contributed by atoms with Gasteiger partial charge in [-0.2, -0.15) is 0 Å². The molecule has 0 saturated heterocycles. The van der Waals surface area contributed by atoms with Crippen molar-refractivity contribution in [1.29, 1.82) is 0 Å². The number of nitrogens with zero attached hydrogens (tertiary/aromatic N) is 2. The SMILES string of the molecule is CC1(C)Cc2nc(-c3ccccc3Cl)ncc2C(N)C1. The van der Waals surface area contributed by atoms with Crippen LogP contribution in [-0.2, 0) is 6.42 Å². The fraction of sp³-hybridized carbons (Fsp3) is 0.375. The second kappa shape index (κ2) is 4.83. The minimum Gasteiger partial charge on any atom is -0.324 e. The molecule has 20 heavy (non-hydrogen) atoms. The van der Waals surface area contributed by atoms with E-state index < -0.39 is 0 Å². The average Bonchev–Trinajstić information content (AvgIpc) is 2.37. The lowest BCUT2D eigenvalue weighted by Crippen LogP contribution is -2.30. The lowest BCUT2D eigenvalue weighted by Gasteiger charge is -2.34. The fourth-order valence-corrected chi connectivity index (χ4v) is 3.10. The van der Waals surface area contributed by atoms with E-state index in [9.17, 15) is 0 Å². The van der Waals surface area contributed by atoms with Gasteiger partial charge in [0.25, 0.3) is 0 Å². The van der Waals surface area contributed by atoms with E-state index in [-0.39, 0.29) is 11.5 Å². The first-order valence-corrected chi connectivity index (χ1v) is 7.20. The van der Waals surface area contributed by atoms with Crippen molar-refractivity contribution in [3.8, 4) is 11.4 Å². The summed E-state index contributed by atoms with van der Waals surface area (Å²) >= 11 is 6.22. The Morgan fingerprint density at radius 2 is 2.05 bits per heavy atom. The van der Waals surface area contributed by atoms with Gasteiger partial charge in [-0.1, -0.05) is 37.6 Å². The Morgan fingerprint density at radius 3 is 2.80 bits per heavy atom. The Morgan fingerprint density at radius 1 is 1.30 bits per heavy atom. The van der Waals surface area contributed by atoms with Gasteiger partial charge in [-0.05, 0) is 30.4 Å². The molecule has 0 amide bonds. The van der Waals surface area contributed by atoms with Crippen LogP contribution in [0.15, 0.2) is 30.5 Å². The maximum Gasteiger partial charge on any atom is 0.160 e. The molecular formula is C16H18ClN3. The monoisotopic (exact) mass is 287 g/mol. The molecule has 1 heterocycles. The van der Waals surface area contributed by atoms with Crippen LogP contribution in [0.2, 0.25) is 5.02 Å². The fourth-order valence-electron chi connectivity index (χ4n) is 2.88. The third-order valence-electron chi connectivity index (χ3n) is 3.83. The predicted octanol–water partition coefficient (Wildman–Crippen LogP) is 3.77. The van der Waals surface area contributed by atoms with E-state index in [4.69, 9.17) is 22.3 Å². The van der Waals surface area contributed by atoms with Crippen molar-refractivity contribution in [1.82, 2.24) is 9.97 Å². The molecule has 1 aliphatic carbocycles. The van der Waals surface area contributed by atoms with Crippen molar-refractivity contribution in [2.24, 2.45) is 11.1 Å². The van der Waals surface area contributed by atoms with Crippen molar-refractivity contribution in [3.63, 3.8) is 0 Å². The van der Waals surface area contributed by atoms with Gasteiger partial charge in [-0.3, -0.25) is 0 Å². The summed E-state index contributed by atoms with van der Waals surface area (Å²) in [6.45, 7) is 4.46. The highest BCUT2D eigenvalue weighted by atomic mass is 35.5. The summed E-state index contributed by atoms with van der Waals surface area (Å²) < 4.78 is 0. The average molecular weight is 288 g/mol. The molecule has 0 bridgehead atoms. The normalized spacial score (nSPS) is 20.5. The van der Waals surface area contributed by atoms with Gasteiger partial charge in [0, 0.05) is 29.1 Å². The largest absolute Gasteiger partial charge is 0.324 e. The Labute approximate surface area is 124 Å². The molecule has 0 saturated carbocycles. The first-order valence-electron chi connectivity index (χ1n) is 6.82. The maximum atomic E-state index is 6.23. The summed E-state index contributed by atoms with van der Waals surface area (Å²) in [5.41, 5.74) is 9.41. The lowest BCUT2D eigenvalue weighted by atomic mass is 9.74. The summed E-state index contributed by atoms with van der Waals surface area (Å²) in [5, 5.41) is 0.673. The van der Waals surface area contributed by atoms with E-state index in [1.54, 1.807) is 0 Å². The number of nitrogens with two attached hydrogens (primary N) is 1. The number of rotatable bonds is 1. The van der Waals surface area contributed by atoms with Gasteiger partial charge in [0.1, 0.15) is 0 Å². The first-order chi connectivity index (χ1) is 9.46. The van der Waals surface area contributed by atoms with Crippen LogP contribution in [0.3, 0.4) is 0 Å². The molecular weight excluding hydrogens is 270 g/mol. The molecule has 3 rings (SSSR count). The van der Waals surface area contributed by atoms with Crippen LogP contribution < -0.4 is 5.73 Å². The number of fused-ring (bicyclic) bond motifs is 1. The van der Waals surface area contributed by atoms with Crippen LogP contribution >= 0.6 is 11.6 Å². The molecule has 2 N–H and O–H groups in total. The van der Waals surface area contributed by atoms with Crippen molar-refractivity contribution in [2.45, 2.75) is 32.7 Å². The van der Waals surface area contributed by atoms with E-state index in [1.165, 1.54) is 0 Å². The smallest absolute Gasteiger partial charge is 0.160 e. The summed E-state index contributed by atoms with van der Waals surface area (Å²) in [7, 11) is 0. The van der Waals surface area contributed by atoms with E-state index >= 15 is 0 Å². The zero-order valence-corrected chi connectivity index (χ0v) is 12.5. The van der Waals surface area contributed by atoms with Gasteiger partial charge in [0.2, 0.25) is 0 Å². The molecule has 0 aliphatic heterocycles. The summed E-state index contributed by atoms with van der Waals surface area (Å²) in [6.07, 6.45) is 3.76. The van der Waals surface area contributed by atoms with Crippen molar-refractivity contribution in [2.75, 3.05) is 0 Å². The van der Waals surface area contributed by atoms with Crippen LogP contribution in [0, 0.1) is 5.41 Å². The van der Waals surface area contributed by atoms with Gasteiger partial charge in [-0.25, -0.2) is 9.97 Å². The van der Waals surface area contributed by atoms with E-state index in [0.29, 0.717) is 10.8 Å². The maximum absolute atomic E-state index is 6.23. The number of hydrogen-bond donors (Lipinski definition) is 1. The molecule has 0 radical (unpaired) electrons. The molecule has 1 aliphatic rings. The van der Waals surface area contributed by atoms with E-state index in [1.807, 2.05) is 30.5 Å². The second-order valence-corrected chi connectivity index (χ2v) is 6.63. The van der Waals surface area contributed by atoms with E-state index in [2.05, 4.69) is 18.8 Å². The molecule has 3 nitrogen and oxygen atoms in total. The van der Waals surface area contributed by atoms with Crippen LogP contribution in [0.4, 0.5) is 0 Å². The van der Waals surface area contributed by atoms with Crippen LogP contribution in [-0.4, -0.2) is 9.97 Å². The van der Waals surface area contributed by atoms with Gasteiger partial charge in [0.15, 0.2) is 5.82 Å². The third kappa shape index (κ3) is 2.43. The third-order valence-corrected chi connectivity index (χ3v) is 4.16. The topological polar surface area (TPSA) is 51.8 Å². The standard InChI is InChI=1S/C16H18ClN3/c1-16(2)7-13(18)11-9-19-15(20-14(11)8-16)10-5-3-4-6-12(10)17/h3-6,9,13H,7-8,18H2,1-2H3. The highest BCUT2D eigenvalue weighted by molar-refractivity contribution is 6.33. The molecule has 1 unspecified atom stereocenters. The number of aromatic nitrogens is 2. The van der Waals surface area contributed by atoms with Gasteiger partial charge < -0.3 is 5.73 Å². The minimum absolute atomic E-state index is 0.0223. The minimum atomic E-state index is 0.0223. The lowest BCUT2D eigenvalue weighted by molar-refractivity contribution is 0.278. The number of halogens is 1. The van der Waals surface area contributed by atoms with Crippen molar-refractivity contribution >= 4 is 11.6 Å². The Bertz CT molecular complexity index is 652. The molecule has 4 heteroatoms. The van der Waals surface area contributed by atoms with Crippen LogP contribution in [0.5, 0.6) is 0 Å². The molecule has 2 aromatic rings. The zero-order valence-electron chi connectivity index (χ0n) is 11.7. The Kier molecular flexibility index (Phi) is 3.27. The van der Waals surface area contributed by atoms with Crippen molar-refractivity contribution < 1.29 is 0 Å². The zero-order chi connectivity index (χ0) is 14.3. The summed E-state index contributed by atoms with van der Waals surface area (Å²) in [4.78, 5) is 9.16. The highest BCUT2D eigenvalue weighted by Crippen LogP contribution is 2.39. The molecule has 104 valence electrons. The van der Waals surface area contributed by atoms with Gasteiger partial charge >= 0.3 is 0 Å². The second-order valence-electron chi connectivity index (χ2n) is 6.23. The van der Waals surface area contributed by atoms with E-state index in [0.717, 1.165) is 29.7 Å². The Hall–Kier alpha value is -1.45. The number of benzene rings is 1. The molecule has 1 atom stereocenters.